The van der Waals surface area contributed by atoms with Crippen molar-refractivity contribution in [2.45, 2.75) is 47.6 Å². The first-order valence-corrected chi connectivity index (χ1v) is 9.76. The Morgan fingerprint density at radius 1 is 0.931 bits per heavy atom. The van der Waals surface area contributed by atoms with Gasteiger partial charge in [-0.05, 0) is 70.9 Å². The van der Waals surface area contributed by atoms with Crippen molar-refractivity contribution in [3.8, 4) is 11.5 Å². The monoisotopic (exact) mass is 399 g/mol. The lowest BCUT2D eigenvalue weighted by atomic mass is 10.0. The lowest BCUT2D eigenvalue weighted by Crippen LogP contribution is -2.30. The first kappa shape index (κ1) is 22.3. The maximum atomic E-state index is 12.5. The van der Waals surface area contributed by atoms with Crippen LogP contribution in [0, 0.1) is 20.8 Å². The number of carbonyl (C=O) groups is 2. The highest BCUT2D eigenvalue weighted by molar-refractivity contribution is 5.98. The topological polar surface area (TPSA) is 73.9 Å². The van der Waals surface area contributed by atoms with Crippen LogP contribution in [0.25, 0.3) is 0 Å². The van der Waals surface area contributed by atoms with Crippen LogP contribution in [0.2, 0.25) is 0 Å². The molecule has 2 aromatic rings. The number of esters is 1. The molecule has 2 aromatic carbocycles. The molecule has 29 heavy (non-hydrogen) atoms. The van der Waals surface area contributed by atoms with Gasteiger partial charge in [0, 0.05) is 5.69 Å². The highest BCUT2D eigenvalue weighted by Gasteiger charge is 2.21. The molecule has 0 aromatic heterocycles. The Labute approximate surface area is 172 Å². The predicted octanol–water partition coefficient (Wildman–Crippen LogP) is 4.59. The number of ether oxygens (including phenoxy) is 3. The third-order valence-electron chi connectivity index (χ3n) is 4.36. The summed E-state index contributed by atoms with van der Waals surface area (Å²) in [6.07, 6.45) is -0.954. The number of anilines is 1. The van der Waals surface area contributed by atoms with Crippen LogP contribution in [0.3, 0.4) is 0 Å². The summed E-state index contributed by atoms with van der Waals surface area (Å²) in [6.45, 7) is 12.1. The Bertz CT molecular complexity index is 868. The summed E-state index contributed by atoms with van der Waals surface area (Å²) in [5.41, 5.74) is 4.07. The molecule has 0 aliphatic rings. The van der Waals surface area contributed by atoms with Gasteiger partial charge in [0.15, 0.2) is 17.6 Å². The lowest BCUT2D eigenvalue weighted by Gasteiger charge is -2.17. The summed E-state index contributed by atoms with van der Waals surface area (Å²) in [5.74, 6) is 0.0344. The van der Waals surface area contributed by atoms with E-state index < -0.39 is 12.1 Å². The lowest BCUT2D eigenvalue weighted by molar-refractivity contribution is -0.123. The van der Waals surface area contributed by atoms with Crippen LogP contribution in [0.5, 0.6) is 11.5 Å². The molecule has 156 valence electrons. The Balaban J connectivity index is 2.10. The average molecular weight is 399 g/mol. The van der Waals surface area contributed by atoms with Crippen LogP contribution in [0.4, 0.5) is 5.69 Å². The van der Waals surface area contributed by atoms with E-state index in [-0.39, 0.29) is 5.91 Å². The van der Waals surface area contributed by atoms with E-state index in [1.54, 1.807) is 25.1 Å². The fourth-order valence-electron chi connectivity index (χ4n) is 3.06. The van der Waals surface area contributed by atoms with E-state index in [9.17, 15) is 9.59 Å². The van der Waals surface area contributed by atoms with E-state index in [4.69, 9.17) is 14.2 Å². The molecule has 1 N–H and O–H groups in total. The molecule has 0 aliphatic carbocycles. The van der Waals surface area contributed by atoms with Crippen molar-refractivity contribution in [3.05, 3.63) is 52.6 Å². The molecule has 2 rings (SSSR count). The van der Waals surface area contributed by atoms with Crippen LogP contribution < -0.4 is 14.8 Å². The zero-order chi connectivity index (χ0) is 21.6. The van der Waals surface area contributed by atoms with E-state index >= 15 is 0 Å². The minimum Gasteiger partial charge on any atom is -0.490 e. The minimum absolute atomic E-state index is 0.291. The number of aryl methyl sites for hydroxylation is 3. The van der Waals surface area contributed by atoms with Gasteiger partial charge in [-0.15, -0.1) is 0 Å². The molecule has 6 heteroatoms. The van der Waals surface area contributed by atoms with Gasteiger partial charge in [-0.1, -0.05) is 17.7 Å². The zero-order valence-electron chi connectivity index (χ0n) is 17.9. The van der Waals surface area contributed by atoms with Gasteiger partial charge in [0.25, 0.3) is 5.91 Å². The van der Waals surface area contributed by atoms with E-state index in [0.29, 0.717) is 30.3 Å². The van der Waals surface area contributed by atoms with E-state index in [1.165, 1.54) is 0 Å². The Hall–Kier alpha value is -3.02. The molecule has 0 aliphatic heterocycles. The van der Waals surface area contributed by atoms with Gasteiger partial charge in [-0.3, -0.25) is 4.79 Å². The summed E-state index contributed by atoms with van der Waals surface area (Å²) in [4.78, 5) is 25.1. The van der Waals surface area contributed by atoms with E-state index in [1.807, 2.05) is 46.8 Å². The SMILES string of the molecule is CCOc1ccc(C(=O)O[C@H](C)C(=O)Nc2c(C)cc(C)cc2C)cc1OCC. The van der Waals surface area contributed by atoms with Crippen molar-refractivity contribution >= 4 is 17.6 Å². The van der Waals surface area contributed by atoms with Crippen LogP contribution in [-0.4, -0.2) is 31.2 Å². The van der Waals surface area contributed by atoms with Crippen molar-refractivity contribution < 1.29 is 23.8 Å². The third-order valence-corrected chi connectivity index (χ3v) is 4.36. The number of benzene rings is 2. The number of hydrogen-bond donors (Lipinski definition) is 1. The van der Waals surface area contributed by atoms with Crippen molar-refractivity contribution in [2.24, 2.45) is 0 Å². The first-order valence-electron chi connectivity index (χ1n) is 9.76. The summed E-state index contributed by atoms with van der Waals surface area (Å²) in [7, 11) is 0. The molecule has 0 heterocycles. The molecule has 0 unspecified atom stereocenters. The van der Waals surface area contributed by atoms with Gasteiger partial charge in [0.2, 0.25) is 0 Å². The summed E-state index contributed by atoms with van der Waals surface area (Å²) in [6, 6.07) is 8.81. The second-order valence-corrected chi connectivity index (χ2v) is 6.84. The van der Waals surface area contributed by atoms with Gasteiger partial charge < -0.3 is 19.5 Å². The van der Waals surface area contributed by atoms with Crippen molar-refractivity contribution in [2.75, 3.05) is 18.5 Å². The number of nitrogens with one attached hydrogen (secondary N) is 1. The van der Waals surface area contributed by atoms with Crippen LogP contribution >= 0.6 is 0 Å². The molecule has 0 bridgehead atoms. The van der Waals surface area contributed by atoms with Crippen molar-refractivity contribution in [1.82, 2.24) is 0 Å². The van der Waals surface area contributed by atoms with Gasteiger partial charge in [0.05, 0.1) is 18.8 Å². The molecular formula is C23H29NO5. The largest absolute Gasteiger partial charge is 0.490 e. The standard InChI is InChI=1S/C23H29NO5/c1-7-27-19-10-9-18(13-20(19)28-8-2)23(26)29-17(6)22(25)24-21-15(4)11-14(3)12-16(21)5/h9-13,17H,7-8H2,1-6H3,(H,24,25)/t17-/m1/s1. The first-order chi connectivity index (χ1) is 13.8. The summed E-state index contributed by atoms with van der Waals surface area (Å²) in [5, 5.41) is 2.86. The maximum Gasteiger partial charge on any atom is 0.339 e. The molecule has 6 nitrogen and oxygen atoms in total. The normalized spacial score (nSPS) is 11.5. The minimum atomic E-state index is -0.954. The second kappa shape index (κ2) is 9.96. The van der Waals surface area contributed by atoms with Crippen LogP contribution in [-0.2, 0) is 9.53 Å². The maximum absolute atomic E-state index is 12.5. The average Bonchev–Trinajstić information content (AvgIpc) is 2.66. The highest BCUT2D eigenvalue weighted by Crippen LogP contribution is 2.29. The number of amides is 1. The molecule has 0 saturated heterocycles. The number of hydrogen-bond acceptors (Lipinski definition) is 5. The quantitative estimate of drug-likeness (QED) is 0.657. The molecule has 0 radical (unpaired) electrons. The van der Waals surface area contributed by atoms with Crippen LogP contribution in [0.15, 0.2) is 30.3 Å². The fourth-order valence-corrected chi connectivity index (χ4v) is 3.06. The third kappa shape index (κ3) is 5.73. The Morgan fingerprint density at radius 3 is 2.10 bits per heavy atom. The number of rotatable bonds is 8. The predicted molar refractivity (Wildman–Crippen MR) is 113 cm³/mol. The van der Waals surface area contributed by atoms with Gasteiger partial charge in [-0.2, -0.15) is 0 Å². The molecule has 0 saturated carbocycles. The fraction of sp³-hybridized carbons (Fsp3) is 0.391. The zero-order valence-corrected chi connectivity index (χ0v) is 17.9. The Morgan fingerprint density at radius 2 is 1.52 bits per heavy atom. The Kier molecular flexibility index (Phi) is 7.65. The molecular weight excluding hydrogens is 370 g/mol. The van der Waals surface area contributed by atoms with E-state index in [0.717, 1.165) is 22.4 Å². The number of carbonyl (C=O) groups excluding carboxylic acids is 2. The van der Waals surface area contributed by atoms with E-state index in [2.05, 4.69) is 5.32 Å². The van der Waals surface area contributed by atoms with Gasteiger partial charge in [-0.25, -0.2) is 4.79 Å². The molecule has 0 fully saturated rings. The smallest absolute Gasteiger partial charge is 0.339 e. The van der Waals surface area contributed by atoms with Crippen molar-refractivity contribution in [1.29, 1.82) is 0 Å². The second-order valence-electron chi connectivity index (χ2n) is 6.84. The van der Waals surface area contributed by atoms with Crippen molar-refractivity contribution in [3.63, 3.8) is 0 Å². The summed E-state index contributed by atoms with van der Waals surface area (Å²) >= 11 is 0. The highest BCUT2D eigenvalue weighted by atomic mass is 16.5. The molecule has 0 spiro atoms. The molecule has 1 amide bonds. The van der Waals surface area contributed by atoms with Gasteiger partial charge >= 0.3 is 5.97 Å². The molecule has 1 atom stereocenters. The summed E-state index contributed by atoms with van der Waals surface area (Å²) < 4.78 is 16.4. The van der Waals surface area contributed by atoms with Crippen LogP contribution in [0.1, 0.15) is 47.8 Å². The van der Waals surface area contributed by atoms with Gasteiger partial charge in [0.1, 0.15) is 0 Å².